The van der Waals surface area contributed by atoms with Crippen molar-refractivity contribution in [1.82, 2.24) is 10.2 Å². The summed E-state index contributed by atoms with van der Waals surface area (Å²) in [6.07, 6.45) is 1.23. The highest BCUT2D eigenvalue weighted by Gasteiger charge is 2.36. The molecular weight excluding hydrogens is 348 g/mol. The molecule has 1 amide bonds. The second-order valence-electron chi connectivity index (χ2n) is 7.00. The number of furan rings is 1. The minimum atomic E-state index is -0.240. The standard InChI is InChI=1S/C20H28N2O3S/c1-4-22(5-2)12-16-11-17(13(3)25-16)20(24)21-19(14-9-15(23)10-14)18-7-6-8-26-18/h6-8,11,14-15,19,23H,4-5,9-10,12H2,1-3H3,(H,21,24). The molecule has 0 radical (unpaired) electrons. The predicted octanol–water partition coefficient (Wildman–Crippen LogP) is 3.73. The number of rotatable bonds is 8. The first-order chi connectivity index (χ1) is 12.5. The molecule has 1 saturated carbocycles. The van der Waals surface area contributed by atoms with Gasteiger partial charge in [-0.2, -0.15) is 0 Å². The van der Waals surface area contributed by atoms with Gasteiger partial charge in [0, 0.05) is 4.88 Å². The SMILES string of the molecule is CCN(CC)Cc1cc(C(=O)NC(c2cccs2)C2CC(O)C2)c(C)o1. The van der Waals surface area contributed by atoms with Gasteiger partial charge in [0.15, 0.2) is 0 Å². The minimum Gasteiger partial charge on any atom is -0.464 e. The van der Waals surface area contributed by atoms with Crippen molar-refractivity contribution >= 4 is 17.2 Å². The number of aryl methyl sites for hydroxylation is 1. The van der Waals surface area contributed by atoms with Crippen molar-refractivity contribution in [3.8, 4) is 0 Å². The molecule has 1 aliphatic rings. The van der Waals surface area contributed by atoms with Crippen LogP contribution < -0.4 is 5.32 Å². The molecular formula is C20H28N2O3S. The van der Waals surface area contributed by atoms with Gasteiger partial charge in [-0.15, -0.1) is 11.3 Å². The molecule has 1 aliphatic carbocycles. The Morgan fingerprint density at radius 3 is 2.73 bits per heavy atom. The summed E-state index contributed by atoms with van der Waals surface area (Å²) in [7, 11) is 0. The van der Waals surface area contributed by atoms with Gasteiger partial charge in [-0.1, -0.05) is 19.9 Å². The van der Waals surface area contributed by atoms with Crippen molar-refractivity contribution in [1.29, 1.82) is 0 Å². The fourth-order valence-corrected chi connectivity index (χ4v) is 4.39. The lowest BCUT2D eigenvalue weighted by atomic mass is 9.76. The van der Waals surface area contributed by atoms with E-state index < -0.39 is 0 Å². The Bertz CT molecular complexity index is 716. The molecule has 0 saturated heterocycles. The van der Waals surface area contributed by atoms with Crippen LogP contribution in [-0.4, -0.2) is 35.1 Å². The van der Waals surface area contributed by atoms with Crippen LogP contribution in [0.4, 0.5) is 0 Å². The van der Waals surface area contributed by atoms with Crippen LogP contribution in [0.5, 0.6) is 0 Å². The first-order valence-corrected chi connectivity index (χ1v) is 10.2. The van der Waals surface area contributed by atoms with E-state index in [0.29, 0.717) is 17.9 Å². The summed E-state index contributed by atoms with van der Waals surface area (Å²) in [6.45, 7) is 8.68. The second-order valence-corrected chi connectivity index (χ2v) is 7.98. The zero-order valence-electron chi connectivity index (χ0n) is 15.7. The van der Waals surface area contributed by atoms with E-state index in [1.54, 1.807) is 11.3 Å². The van der Waals surface area contributed by atoms with Crippen molar-refractivity contribution in [3.63, 3.8) is 0 Å². The quantitative estimate of drug-likeness (QED) is 0.737. The normalized spacial score (nSPS) is 20.8. The Kier molecular flexibility index (Phi) is 6.16. The first kappa shape index (κ1) is 19.1. The third-order valence-electron chi connectivity index (χ3n) is 5.24. The Balaban J connectivity index is 1.72. The monoisotopic (exact) mass is 376 g/mol. The smallest absolute Gasteiger partial charge is 0.255 e. The average molecular weight is 377 g/mol. The van der Waals surface area contributed by atoms with Crippen LogP contribution in [0.15, 0.2) is 28.0 Å². The highest BCUT2D eigenvalue weighted by molar-refractivity contribution is 7.10. The van der Waals surface area contributed by atoms with Crippen molar-refractivity contribution in [2.45, 2.75) is 52.3 Å². The number of nitrogens with one attached hydrogen (secondary N) is 1. The molecule has 142 valence electrons. The number of thiophene rings is 1. The number of carbonyl (C=O) groups excluding carboxylic acids is 1. The van der Waals surface area contributed by atoms with Crippen LogP contribution >= 0.6 is 11.3 Å². The molecule has 1 atom stereocenters. The van der Waals surface area contributed by atoms with Crippen molar-refractivity contribution in [3.05, 3.63) is 45.5 Å². The maximum Gasteiger partial charge on any atom is 0.255 e. The number of carbonyl (C=O) groups is 1. The topological polar surface area (TPSA) is 65.7 Å². The molecule has 0 spiro atoms. The van der Waals surface area contributed by atoms with Gasteiger partial charge >= 0.3 is 0 Å². The lowest BCUT2D eigenvalue weighted by Gasteiger charge is -2.37. The van der Waals surface area contributed by atoms with Crippen LogP contribution in [0.25, 0.3) is 0 Å². The number of nitrogens with zero attached hydrogens (tertiary/aromatic N) is 1. The molecule has 0 aromatic carbocycles. The fourth-order valence-electron chi connectivity index (χ4n) is 3.53. The summed E-state index contributed by atoms with van der Waals surface area (Å²) in [5, 5.41) is 14.9. The zero-order chi connectivity index (χ0) is 18.7. The molecule has 26 heavy (non-hydrogen) atoms. The van der Waals surface area contributed by atoms with Gasteiger partial charge in [0.2, 0.25) is 0 Å². The number of amides is 1. The average Bonchev–Trinajstić information content (AvgIpc) is 3.24. The Morgan fingerprint density at radius 2 is 2.15 bits per heavy atom. The van der Waals surface area contributed by atoms with Crippen LogP contribution in [0, 0.1) is 12.8 Å². The minimum absolute atomic E-state index is 0.0496. The van der Waals surface area contributed by atoms with Crippen molar-refractivity contribution in [2.24, 2.45) is 5.92 Å². The molecule has 2 heterocycles. The molecule has 0 bridgehead atoms. The van der Waals surface area contributed by atoms with E-state index in [1.165, 1.54) is 0 Å². The number of aliphatic hydroxyl groups is 1. The van der Waals surface area contributed by atoms with Gasteiger partial charge in [-0.05, 0) is 56.3 Å². The number of hydrogen-bond acceptors (Lipinski definition) is 5. The summed E-state index contributed by atoms with van der Waals surface area (Å²) in [5.74, 6) is 1.66. The summed E-state index contributed by atoms with van der Waals surface area (Å²) in [4.78, 5) is 16.3. The van der Waals surface area contributed by atoms with E-state index in [1.807, 2.05) is 30.5 Å². The van der Waals surface area contributed by atoms with Gasteiger partial charge < -0.3 is 14.8 Å². The zero-order valence-corrected chi connectivity index (χ0v) is 16.5. The number of aliphatic hydroxyl groups excluding tert-OH is 1. The van der Waals surface area contributed by atoms with Gasteiger partial charge in [-0.3, -0.25) is 9.69 Å². The third-order valence-corrected chi connectivity index (χ3v) is 6.20. The fraction of sp³-hybridized carbons (Fsp3) is 0.550. The Hall–Kier alpha value is -1.63. The van der Waals surface area contributed by atoms with Gasteiger partial charge in [0.25, 0.3) is 5.91 Å². The summed E-state index contributed by atoms with van der Waals surface area (Å²) in [5.41, 5.74) is 0.605. The van der Waals surface area contributed by atoms with Crippen molar-refractivity contribution in [2.75, 3.05) is 13.1 Å². The van der Waals surface area contributed by atoms with Crippen LogP contribution in [0.3, 0.4) is 0 Å². The van der Waals surface area contributed by atoms with Gasteiger partial charge in [0.05, 0.1) is 24.3 Å². The van der Waals surface area contributed by atoms with E-state index in [-0.39, 0.29) is 24.0 Å². The Morgan fingerprint density at radius 1 is 1.42 bits per heavy atom. The molecule has 5 nitrogen and oxygen atoms in total. The summed E-state index contributed by atoms with van der Waals surface area (Å²) in [6, 6.07) is 5.87. The highest BCUT2D eigenvalue weighted by atomic mass is 32.1. The predicted molar refractivity (Wildman–Crippen MR) is 103 cm³/mol. The van der Waals surface area contributed by atoms with Crippen molar-refractivity contribution < 1.29 is 14.3 Å². The maximum absolute atomic E-state index is 12.9. The van der Waals surface area contributed by atoms with Crippen LogP contribution in [-0.2, 0) is 6.54 Å². The second kappa shape index (κ2) is 8.37. The van der Waals surface area contributed by atoms with Crippen LogP contribution in [0.2, 0.25) is 0 Å². The summed E-state index contributed by atoms with van der Waals surface area (Å²) >= 11 is 1.64. The molecule has 2 aromatic rings. The van der Waals surface area contributed by atoms with E-state index in [2.05, 4.69) is 24.1 Å². The third kappa shape index (κ3) is 4.19. The molecule has 1 unspecified atom stereocenters. The summed E-state index contributed by atoms with van der Waals surface area (Å²) < 4.78 is 5.82. The largest absolute Gasteiger partial charge is 0.464 e. The maximum atomic E-state index is 12.9. The molecule has 0 aliphatic heterocycles. The Labute approximate surface area is 159 Å². The first-order valence-electron chi connectivity index (χ1n) is 9.35. The molecule has 3 rings (SSSR count). The molecule has 1 fully saturated rings. The van der Waals surface area contributed by atoms with Gasteiger partial charge in [-0.25, -0.2) is 0 Å². The number of hydrogen-bond donors (Lipinski definition) is 2. The molecule has 2 aromatic heterocycles. The van der Waals surface area contributed by atoms with E-state index >= 15 is 0 Å². The van der Waals surface area contributed by atoms with E-state index in [0.717, 1.165) is 36.6 Å². The van der Waals surface area contributed by atoms with Gasteiger partial charge in [0.1, 0.15) is 11.5 Å². The molecule has 2 N–H and O–H groups in total. The molecule has 6 heteroatoms. The van der Waals surface area contributed by atoms with Crippen LogP contribution in [0.1, 0.15) is 59.5 Å². The van der Waals surface area contributed by atoms with E-state index in [4.69, 9.17) is 4.42 Å². The lowest BCUT2D eigenvalue weighted by Crippen LogP contribution is -2.41. The van der Waals surface area contributed by atoms with E-state index in [9.17, 15) is 9.90 Å². The highest BCUT2D eigenvalue weighted by Crippen LogP contribution is 2.39. The lowest BCUT2D eigenvalue weighted by molar-refractivity contribution is 0.0241.